The number of urea groups is 1. The average Bonchev–Trinajstić information content (AvgIpc) is 2.37. The average molecular weight is 295 g/mol. The van der Waals surface area contributed by atoms with E-state index in [4.69, 9.17) is 0 Å². The molecule has 0 aromatic heterocycles. The molecular formula is C14H15F2N3O2. The molecule has 0 saturated heterocycles. The second-order valence-electron chi connectivity index (χ2n) is 4.94. The maximum absolute atomic E-state index is 14.0. The number of benzene rings is 1. The second kappa shape index (κ2) is 5.51. The molecule has 0 bridgehead atoms. The Kier molecular flexibility index (Phi) is 3.93. The smallest absolute Gasteiger partial charge is 0.319 e. The first-order chi connectivity index (χ1) is 9.81. The van der Waals surface area contributed by atoms with E-state index < -0.39 is 23.7 Å². The van der Waals surface area contributed by atoms with Gasteiger partial charge in [-0.3, -0.25) is 4.79 Å². The van der Waals surface area contributed by atoms with Crippen LogP contribution in [0.2, 0.25) is 0 Å². The standard InChI is InChI=1S/C14H15F2N3O2/c1-7-11(13(20)19(2)3)12(18-14(21)17-7)9-5-4-8(15)6-10(9)16/h4-6,12H,1-3H3,(H2,17,18,21)/t12-/m1/s1. The molecule has 2 rings (SSSR count). The van der Waals surface area contributed by atoms with E-state index in [0.717, 1.165) is 12.1 Å². The van der Waals surface area contributed by atoms with E-state index >= 15 is 0 Å². The minimum absolute atomic E-state index is 0.0378. The van der Waals surface area contributed by atoms with Crippen molar-refractivity contribution >= 4 is 11.9 Å². The fourth-order valence-corrected chi connectivity index (χ4v) is 2.19. The maximum Gasteiger partial charge on any atom is 0.319 e. The molecule has 2 N–H and O–H groups in total. The second-order valence-corrected chi connectivity index (χ2v) is 4.94. The number of hydrogen-bond donors (Lipinski definition) is 2. The summed E-state index contributed by atoms with van der Waals surface area (Å²) in [5.41, 5.74) is 0.590. The first kappa shape index (κ1) is 15.0. The van der Waals surface area contributed by atoms with Crippen LogP contribution in [0.5, 0.6) is 0 Å². The molecule has 1 aromatic carbocycles. The van der Waals surface area contributed by atoms with Gasteiger partial charge in [-0.2, -0.15) is 0 Å². The maximum atomic E-state index is 14.0. The Bertz CT molecular complexity index is 641. The van der Waals surface area contributed by atoms with E-state index in [9.17, 15) is 18.4 Å². The lowest BCUT2D eigenvalue weighted by molar-refractivity contribution is -0.125. The van der Waals surface area contributed by atoms with Crippen molar-refractivity contribution in [3.05, 3.63) is 46.7 Å². The van der Waals surface area contributed by atoms with E-state index in [2.05, 4.69) is 10.6 Å². The molecule has 0 radical (unpaired) electrons. The third-order valence-corrected chi connectivity index (χ3v) is 3.18. The monoisotopic (exact) mass is 295 g/mol. The van der Waals surface area contributed by atoms with Gasteiger partial charge in [0.25, 0.3) is 5.91 Å². The minimum atomic E-state index is -0.964. The van der Waals surface area contributed by atoms with Crippen molar-refractivity contribution in [1.29, 1.82) is 0 Å². The molecule has 7 heteroatoms. The number of likely N-dealkylation sites (N-methyl/N-ethyl adjacent to an activating group) is 1. The minimum Gasteiger partial charge on any atom is -0.345 e. The van der Waals surface area contributed by atoms with Gasteiger partial charge in [0.05, 0.1) is 11.6 Å². The Labute approximate surface area is 120 Å². The summed E-state index contributed by atoms with van der Waals surface area (Å²) >= 11 is 0. The molecule has 1 atom stereocenters. The van der Waals surface area contributed by atoms with E-state index in [-0.39, 0.29) is 17.0 Å². The topological polar surface area (TPSA) is 61.4 Å². The Balaban J connectivity index is 2.55. The Morgan fingerprint density at radius 3 is 2.52 bits per heavy atom. The number of allylic oxidation sites excluding steroid dienone is 1. The fraction of sp³-hybridized carbons (Fsp3) is 0.286. The predicted octanol–water partition coefficient (Wildman–Crippen LogP) is 1.68. The van der Waals surface area contributed by atoms with Crippen molar-refractivity contribution in [2.75, 3.05) is 14.1 Å². The zero-order valence-electron chi connectivity index (χ0n) is 11.8. The molecule has 0 fully saturated rings. The summed E-state index contributed by atoms with van der Waals surface area (Å²) in [6.45, 7) is 1.56. The van der Waals surface area contributed by atoms with Crippen LogP contribution < -0.4 is 10.6 Å². The number of halogens is 2. The summed E-state index contributed by atoms with van der Waals surface area (Å²) in [5.74, 6) is -1.91. The summed E-state index contributed by atoms with van der Waals surface area (Å²) in [4.78, 5) is 25.2. The van der Waals surface area contributed by atoms with Crippen LogP contribution in [-0.2, 0) is 4.79 Å². The summed E-state index contributed by atoms with van der Waals surface area (Å²) in [5, 5.41) is 4.97. The van der Waals surface area contributed by atoms with Crippen molar-refractivity contribution in [2.45, 2.75) is 13.0 Å². The third-order valence-electron chi connectivity index (χ3n) is 3.18. The molecule has 112 valence electrons. The van der Waals surface area contributed by atoms with E-state index in [1.165, 1.54) is 11.0 Å². The zero-order valence-corrected chi connectivity index (χ0v) is 11.8. The highest BCUT2D eigenvalue weighted by atomic mass is 19.1. The number of rotatable bonds is 2. The van der Waals surface area contributed by atoms with Crippen LogP contribution in [0.25, 0.3) is 0 Å². The van der Waals surface area contributed by atoms with Gasteiger partial charge < -0.3 is 15.5 Å². The molecule has 1 aliphatic heterocycles. The van der Waals surface area contributed by atoms with Crippen LogP contribution in [0.4, 0.5) is 13.6 Å². The molecule has 21 heavy (non-hydrogen) atoms. The highest BCUT2D eigenvalue weighted by Gasteiger charge is 2.33. The van der Waals surface area contributed by atoms with Gasteiger partial charge in [-0.05, 0) is 13.0 Å². The Morgan fingerprint density at radius 1 is 1.29 bits per heavy atom. The van der Waals surface area contributed by atoms with E-state index in [1.54, 1.807) is 21.0 Å². The normalized spacial score (nSPS) is 18.1. The number of carbonyl (C=O) groups excluding carboxylic acids is 2. The van der Waals surface area contributed by atoms with E-state index in [1.807, 2.05) is 0 Å². The van der Waals surface area contributed by atoms with Crippen LogP contribution in [0.1, 0.15) is 18.5 Å². The lowest BCUT2D eigenvalue weighted by Crippen LogP contribution is -2.47. The van der Waals surface area contributed by atoms with Gasteiger partial charge in [0, 0.05) is 31.4 Å². The molecule has 1 aliphatic rings. The highest BCUT2D eigenvalue weighted by molar-refractivity contribution is 5.98. The number of hydrogen-bond acceptors (Lipinski definition) is 2. The zero-order chi connectivity index (χ0) is 15.7. The van der Waals surface area contributed by atoms with Gasteiger partial charge in [0.2, 0.25) is 0 Å². The molecule has 3 amide bonds. The number of nitrogens with one attached hydrogen (secondary N) is 2. The predicted molar refractivity (Wildman–Crippen MR) is 72.2 cm³/mol. The van der Waals surface area contributed by atoms with Gasteiger partial charge >= 0.3 is 6.03 Å². The first-order valence-electron chi connectivity index (χ1n) is 6.26. The van der Waals surface area contributed by atoms with Gasteiger partial charge in [-0.25, -0.2) is 13.6 Å². The SMILES string of the molecule is CC1=C(C(=O)N(C)C)[C@@H](c2ccc(F)cc2F)NC(=O)N1. The summed E-state index contributed by atoms with van der Waals surface area (Å²) in [6, 6.07) is 1.51. The van der Waals surface area contributed by atoms with Crippen molar-refractivity contribution in [1.82, 2.24) is 15.5 Å². The molecule has 0 saturated carbocycles. The van der Waals surface area contributed by atoms with Crippen molar-refractivity contribution < 1.29 is 18.4 Å². The molecule has 0 spiro atoms. The van der Waals surface area contributed by atoms with Crippen molar-refractivity contribution in [2.24, 2.45) is 0 Å². The summed E-state index contributed by atoms with van der Waals surface area (Å²) in [6.07, 6.45) is 0. The van der Waals surface area contributed by atoms with Gasteiger partial charge in [-0.1, -0.05) is 6.07 Å². The fourth-order valence-electron chi connectivity index (χ4n) is 2.19. The molecular weight excluding hydrogens is 280 g/mol. The lowest BCUT2D eigenvalue weighted by atomic mass is 9.94. The van der Waals surface area contributed by atoms with Crippen molar-refractivity contribution in [3.8, 4) is 0 Å². The van der Waals surface area contributed by atoms with Crippen LogP contribution >= 0.6 is 0 Å². The van der Waals surface area contributed by atoms with Crippen LogP contribution in [0, 0.1) is 11.6 Å². The number of nitrogens with zero attached hydrogens (tertiary/aromatic N) is 1. The molecule has 1 heterocycles. The summed E-state index contributed by atoms with van der Waals surface area (Å²) < 4.78 is 27.0. The Hall–Kier alpha value is -2.44. The van der Waals surface area contributed by atoms with Crippen LogP contribution in [0.15, 0.2) is 29.5 Å². The van der Waals surface area contributed by atoms with Crippen molar-refractivity contribution in [3.63, 3.8) is 0 Å². The van der Waals surface area contributed by atoms with Crippen LogP contribution in [-0.4, -0.2) is 30.9 Å². The number of amides is 3. The first-order valence-corrected chi connectivity index (χ1v) is 6.26. The molecule has 0 unspecified atom stereocenters. The quantitative estimate of drug-likeness (QED) is 0.872. The molecule has 1 aromatic rings. The van der Waals surface area contributed by atoms with Gasteiger partial charge in [0.15, 0.2) is 0 Å². The summed E-state index contributed by atoms with van der Waals surface area (Å²) in [7, 11) is 3.11. The largest absolute Gasteiger partial charge is 0.345 e. The third kappa shape index (κ3) is 2.86. The molecule has 0 aliphatic carbocycles. The Morgan fingerprint density at radius 2 is 1.95 bits per heavy atom. The van der Waals surface area contributed by atoms with Gasteiger partial charge in [-0.15, -0.1) is 0 Å². The highest BCUT2D eigenvalue weighted by Crippen LogP contribution is 2.29. The number of carbonyl (C=O) groups is 2. The van der Waals surface area contributed by atoms with E-state index in [0.29, 0.717) is 5.70 Å². The van der Waals surface area contributed by atoms with Crippen LogP contribution in [0.3, 0.4) is 0 Å². The van der Waals surface area contributed by atoms with Gasteiger partial charge in [0.1, 0.15) is 11.6 Å². The molecule has 5 nitrogen and oxygen atoms in total. The lowest BCUT2D eigenvalue weighted by Gasteiger charge is -2.30.